The van der Waals surface area contributed by atoms with E-state index in [2.05, 4.69) is 11.9 Å². The predicted octanol–water partition coefficient (Wildman–Crippen LogP) is 2.78. The average Bonchev–Trinajstić information content (AvgIpc) is 2.54. The van der Waals surface area contributed by atoms with E-state index in [1.807, 2.05) is 42.2 Å². The Bertz CT molecular complexity index is 699. The van der Waals surface area contributed by atoms with Crippen LogP contribution in [-0.2, 0) is 0 Å². The van der Waals surface area contributed by atoms with Gasteiger partial charge in [-0.1, -0.05) is 6.07 Å². The minimum atomic E-state index is 0.0492. The number of amides is 1. The van der Waals surface area contributed by atoms with Gasteiger partial charge >= 0.3 is 0 Å². The molecule has 1 saturated heterocycles. The highest BCUT2D eigenvalue weighted by Gasteiger charge is 2.29. The molecule has 1 amide bonds. The molecule has 4 heteroatoms. The molecule has 22 heavy (non-hydrogen) atoms. The van der Waals surface area contributed by atoms with Crippen molar-refractivity contribution in [1.29, 1.82) is 0 Å². The monoisotopic (exact) mass is 298 g/mol. The van der Waals surface area contributed by atoms with Gasteiger partial charge in [-0.25, -0.2) is 0 Å². The molecular weight excluding hydrogens is 276 g/mol. The third-order valence-electron chi connectivity index (χ3n) is 4.57. The lowest BCUT2D eigenvalue weighted by Gasteiger charge is -2.37. The standard InChI is InChI=1S/C18H22N2O2/c1-12-3-6-15-9-16(7-8-17(15)19-12)18(22)20-10-14(11-21)5-4-13(20)2/h3,6-9,13-14,21H,4-5,10-11H2,1-2H3. The number of carbonyl (C=O) groups is 1. The fourth-order valence-corrected chi connectivity index (χ4v) is 3.14. The highest BCUT2D eigenvalue weighted by molar-refractivity contribution is 5.98. The number of piperidine rings is 1. The molecule has 2 heterocycles. The second kappa shape index (κ2) is 6.05. The molecule has 1 N–H and O–H groups in total. The lowest BCUT2D eigenvalue weighted by atomic mass is 9.93. The molecule has 0 bridgehead atoms. The van der Waals surface area contributed by atoms with Gasteiger partial charge in [-0.15, -0.1) is 0 Å². The number of aryl methyl sites for hydroxylation is 1. The number of pyridine rings is 1. The molecule has 0 spiro atoms. The van der Waals surface area contributed by atoms with Crippen LogP contribution in [0.2, 0.25) is 0 Å². The topological polar surface area (TPSA) is 53.4 Å². The second-order valence-corrected chi connectivity index (χ2v) is 6.29. The van der Waals surface area contributed by atoms with Crippen LogP contribution in [0.3, 0.4) is 0 Å². The third kappa shape index (κ3) is 2.83. The van der Waals surface area contributed by atoms with Gasteiger partial charge in [0.05, 0.1) is 5.52 Å². The Balaban J connectivity index is 1.89. The predicted molar refractivity (Wildman–Crippen MR) is 86.8 cm³/mol. The first-order chi connectivity index (χ1) is 10.6. The normalized spacial score (nSPS) is 22.0. The first-order valence-corrected chi connectivity index (χ1v) is 7.87. The molecule has 1 aromatic heterocycles. The van der Waals surface area contributed by atoms with E-state index >= 15 is 0 Å². The molecular formula is C18H22N2O2. The van der Waals surface area contributed by atoms with Gasteiger partial charge in [-0.05, 0) is 56.9 Å². The molecule has 0 saturated carbocycles. The van der Waals surface area contributed by atoms with Crippen molar-refractivity contribution in [3.05, 3.63) is 41.6 Å². The Morgan fingerprint density at radius 3 is 2.91 bits per heavy atom. The summed E-state index contributed by atoms with van der Waals surface area (Å²) in [5, 5.41) is 10.4. The maximum absolute atomic E-state index is 12.8. The lowest BCUT2D eigenvalue weighted by Crippen LogP contribution is -2.46. The summed E-state index contributed by atoms with van der Waals surface area (Å²) in [4.78, 5) is 19.2. The summed E-state index contributed by atoms with van der Waals surface area (Å²) >= 11 is 0. The minimum Gasteiger partial charge on any atom is -0.396 e. The van der Waals surface area contributed by atoms with Crippen molar-refractivity contribution in [2.24, 2.45) is 5.92 Å². The summed E-state index contributed by atoms with van der Waals surface area (Å²) in [6.45, 7) is 4.83. The van der Waals surface area contributed by atoms with Crippen LogP contribution in [0.4, 0.5) is 0 Å². The fraction of sp³-hybridized carbons (Fsp3) is 0.444. The Hall–Kier alpha value is -1.94. The van der Waals surface area contributed by atoms with E-state index in [9.17, 15) is 9.90 Å². The third-order valence-corrected chi connectivity index (χ3v) is 4.57. The van der Waals surface area contributed by atoms with Crippen molar-refractivity contribution in [2.75, 3.05) is 13.2 Å². The SMILES string of the molecule is Cc1ccc2cc(C(=O)N3CC(CO)CCC3C)ccc2n1. The quantitative estimate of drug-likeness (QED) is 0.927. The smallest absolute Gasteiger partial charge is 0.254 e. The van der Waals surface area contributed by atoms with Crippen molar-refractivity contribution >= 4 is 16.8 Å². The van der Waals surface area contributed by atoms with Crippen molar-refractivity contribution in [2.45, 2.75) is 32.7 Å². The van der Waals surface area contributed by atoms with Crippen molar-refractivity contribution in [3.63, 3.8) is 0 Å². The van der Waals surface area contributed by atoms with Crippen molar-refractivity contribution in [3.8, 4) is 0 Å². The molecule has 1 fully saturated rings. The van der Waals surface area contributed by atoms with Gasteiger partial charge in [0.15, 0.2) is 0 Å². The molecule has 0 radical (unpaired) electrons. The molecule has 2 atom stereocenters. The van der Waals surface area contributed by atoms with Crippen LogP contribution < -0.4 is 0 Å². The number of benzene rings is 1. The van der Waals surface area contributed by atoms with Gasteiger partial charge < -0.3 is 10.0 Å². The molecule has 0 aliphatic carbocycles. The number of likely N-dealkylation sites (tertiary alicyclic amines) is 1. The number of aromatic nitrogens is 1. The van der Waals surface area contributed by atoms with E-state index in [-0.39, 0.29) is 24.5 Å². The largest absolute Gasteiger partial charge is 0.396 e. The second-order valence-electron chi connectivity index (χ2n) is 6.29. The number of hydrogen-bond donors (Lipinski definition) is 1. The van der Waals surface area contributed by atoms with E-state index in [1.54, 1.807) is 0 Å². The number of carbonyl (C=O) groups excluding carboxylic acids is 1. The zero-order valence-corrected chi connectivity index (χ0v) is 13.1. The van der Waals surface area contributed by atoms with E-state index in [0.29, 0.717) is 12.1 Å². The van der Waals surface area contributed by atoms with Gasteiger partial charge in [0.2, 0.25) is 0 Å². The van der Waals surface area contributed by atoms with E-state index in [1.165, 1.54) is 0 Å². The zero-order chi connectivity index (χ0) is 15.7. The van der Waals surface area contributed by atoms with Gasteiger partial charge in [-0.2, -0.15) is 0 Å². The van der Waals surface area contributed by atoms with Crippen LogP contribution in [0.25, 0.3) is 10.9 Å². The summed E-state index contributed by atoms with van der Waals surface area (Å²) in [6.07, 6.45) is 1.94. The Labute approximate surface area is 130 Å². The number of aliphatic hydroxyl groups excluding tert-OH is 1. The van der Waals surface area contributed by atoms with Crippen LogP contribution in [0.15, 0.2) is 30.3 Å². The minimum absolute atomic E-state index is 0.0492. The first kappa shape index (κ1) is 15.0. The molecule has 1 aliphatic heterocycles. The van der Waals surface area contributed by atoms with Crippen LogP contribution in [-0.4, -0.2) is 40.1 Å². The van der Waals surface area contributed by atoms with Crippen LogP contribution in [0.5, 0.6) is 0 Å². The first-order valence-electron chi connectivity index (χ1n) is 7.87. The highest BCUT2D eigenvalue weighted by Crippen LogP contribution is 2.24. The Morgan fingerprint density at radius 2 is 2.14 bits per heavy atom. The highest BCUT2D eigenvalue weighted by atomic mass is 16.3. The Kier molecular flexibility index (Phi) is 4.12. The summed E-state index contributed by atoms with van der Waals surface area (Å²) in [5.41, 5.74) is 2.59. The van der Waals surface area contributed by atoms with Gasteiger partial charge in [0.25, 0.3) is 5.91 Å². The molecule has 116 valence electrons. The van der Waals surface area contributed by atoms with E-state index in [4.69, 9.17) is 0 Å². The van der Waals surface area contributed by atoms with Crippen LogP contribution in [0, 0.1) is 12.8 Å². The molecule has 4 nitrogen and oxygen atoms in total. The van der Waals surface area contributed by atoms with Crippen molar-refractivity contribution in [1.82, 2.24) is 9.88 Å². The van der Waals surface area contributed by atoms with Gasteiger partial charge in [0.1, 0.15) is 0 Å². The molecule has 2 aromatic rings. The van der Waals surface area contributed by atoms with Crippen LogP contribution in [0.1, 0.15) is 35.8 Å². The molecule has 3 rings (SSSR count). The van der Waals surface area contributed by atoms with Crippen molar-refractivity contribution < 1.29 is 9.90 Å². The lowest BCUT2D eigenvalue weighted by molar-refractivity contribution is 0.0489. The fourth-order valence-electron chi connectivity index (χ4n) is 3.14. The summed E-state index contributed by atoms with van der Waals surface area (Å²) in [5.74, 6) is 0.248. The number of hydrogen-bond acceptors (Lipinski definition) is 3. The summed E-state index contributed by atoms with van der Waals surface area (Å²) < 4.78 is 0. The number of fused-ring (bicyclic) bond motifs is 1. The maximum atomic E-state index is 12.8. The van der Waals surface area contributed by atoms with E-state index in [0.717, 1.165) is 29.4 Å². The maximum Gasteiger partial charge on any atom is 0.254 e. The van der Waals surface area contributed by atoms with E-state index < -0.39 is 0 Å². The summed E-state index contributed by atoms with van der Waals surface area (Å²) in [6, 6.07) is 9.87. The van der Waals surface area contributed by atoms with Crippen LogP contribution >= 0.6 is 0 Å². The number of rotatable bonds is 2. The molecule has 1 aromatic carbocycles. The number of nitrogens with zero attached hydrogens (tertiary/aromatic N) is 2. The summed E-state index contributed by atoms with van der Waals surface area (Å²) in [7, 11) is 0. The van der Waals surface area contributed by atoms with Gasteiger partial charge in [-0.3, -0.25) is 9.78 Å². The molecule has 1 aliphatic rings. The van der Waals surface area contributed by atoms with Gasteiger partial charge in [0, 0.05) is 35.8 Å². The average molecular weight is 298 g/mol. The molecule has 2 unspecified atom stereocenters. The number of aliphatic hydroxyl groups is 1. The zero-order valence-electron chi connectivity index (χ0n) is 13.1. The Morgan fingerprint density at radius 1 is 1.32 bits per heavy atom.